The number of hydrogen-bond donors (Lipinski definition) is 1. The fraction of sp³-hybridized carbons (Fsp3) is 0.323. The molecule has 5 rings (SSSR count). The van der Waals surface area contributed by atoms with Crippen molar-refractivity contribution >= 4 is 0 Å². The lowest BCUT2D eigenvalue weighted by molar-refractivity contribution is 0.677. The number of H-pyrrole nitrogens is 1. The normalized spacial score (nSPS) is 11.4. The van der Waals surface area contributed by atoms with Crippen LogP contribution in [-0.2, 0) is 19.4 Å². The number of aryl methyl sites for hydroxylation is 2. The van der Waals surface area contributed by atoms with Crippen LogP contribution in [0.15, 0.2) is 71.8 Å². The fourth-order valence-electron chi connectivity index (χ4n) is 5.21. The minimum absolute atomic E-state index is 0.0158. The number of benzene rings is 2. The van der Waals surface area contributed by atoms with Crippen molar-refractivity contribution in [3.63, 3.8) is 0 Å². The molecule has 8 heteroatoms. The van der Waals surface area contributed by atoms with Crippen LogP contribution in [0.2, 0.25) is 0 Å². The molecule has 39 heavy (non-hydrogen) atoms. The standard InChI is InChI=1S/C31H35N7O/c1-5-10-22-12-9-15-26(21(3)4)29(22)38-20-25(11-6-2)37(31(38)39)19-24-17-16-23(18-32-24)27-13-7-8-14-28(27)30-33-35-36-34-30/h7-9,12-18,20-21H,5-6,10-11,19H2,1-4H3,(H,33,34,35,36). The van der Waals surface area contributed by atoms with Gasteiger partial charge in [-0.05, 0) is 51.9 Å². The average Bonchev–Trinajstić information content (AvgIpc) is 3.59. The van der Waals surface area contributed by atoms with Gasteiger partial charge in [-0.3, -0.25) is 14.1 Å². The molecule has 0 saturated carbocycles. The van der Waals surface area contributed by atoms with E-state index in [1.54, 1.807) is 0 Å². The summed E-state index contributed by atoms with van der Waals surface area (Å²) in [6, 6.07) is 18.4. The van der Waals surface area contributed by atoms with Crippen molar-refractivity contribution < 1.29 is 0 Å². The van der Waals surface area contributed by atoms with Gasteiger partial charge in [0.25, 0.3) is 0 Å². The quantitative estimate of drug-likeness (QED) is 0.245. The van der Waals surface area contributed by atoms with Crippen molar-refractivity contribution in [1.29, 1.82) is 0 Å². The zero-order valence-electron chi connectivity index (χ0n) is 23.1. The highest BCUT2D eigenvalue weighted by molar-refractivity contribution is 5.79. The van der Waals surface area contributed by atoms with Gasteiger partial charge in [-0.15, -0.1) is 5.10 Å². The van der Waals surface area contributed by atoms with Crippen molar-refractivity contribution in [2.24, 2.45) is 0 Å². The zero-order valence-corrected chi connectivity index (χ0v) is 23.1. The molecule has 0 atom stereocenters. The minimum atomic E-state index is -0.0158. The molecule has 0 spiro atoms. The summed E-state index contributed by atoms with van der Waals surface area (Å²) in [7, 11) is 0. The van der Waals surface area contributed by atoms with Crippen LogP contribution >= 0.6 is 0 Å². The topological polar surface area (TPSA) is 94.3 Å². The van der Waals surface area contributed by atoms with Gasteiger partial charge in [-0.2, -0.15) is 0 Å². The molecule has 3 aromatic heterocycles. The third-order valence-electron chi connectivity index (χ3n) is 7.08. The molecule has 0 radical (unpaired) electrons. The van der Waals surface area contributed by atoms with E-state index in [-0.39, 0.29) is 5.69 Å². The SMILES string of the molecule is CCCc1cccc(C(C)C)c1-n1cc(CCC)n(Cc2ccc(-c3ccccc3-c3nnn[nH]3)cn2)c1=O. The van der Waals surface area contributed by atoms with E-state index in [0.717, 1.165) is 59.4 Å². The molecule has 1 N–H and O–H groups in total. The fourth-order valence-corrected chi connectivity index (χ4v) is 5.21. The van der Waals surface area contributed by atoms with Gasteiger partial charge >= 0.3 is 5.69 Å². The van der Waals surface area contributed by atoms with Gasteiger partial charge in [-0.25, -0.2) is 9.89 Å². The number of hydrogen-bond acceptors (Lipinski definition) is 5. The lowest BCUT2D eigenvalue weighted by Crippen LogP contribution is -2.26. The second-order valence-corrected chi connectivity index (χ2v) is 10.2. The van der Waals surface area contributed by atoms with Crippen LogP contribution in [0.3, 0.4) is 0 Å². The number of pyridine rings is 1. The number of para-hydroxylation sites is 1. The first-order valence-corrected chi connectivity index (χ1v) is 13.7. The lowest BCUT2D eigenvalue weighted by Gasteiger charge is -2.17. The molecule has 0 amide bonds. The number of aromatic nitrogens is 7. The van der Waals surface area contributed by atoms with Crippen molar-refractivity contribution in [3.05, 3.63) is 100.0 Å². The van der Waals surface area contributed by atoms with E-state index >= 15 is 0 Å². The summed E-state index contributed by atoms with van der Waals surface area (Å²) in [5, 5.41) is 14.3. The van der Waals surface area contributed by atoms with Crippen LogP contribution < -0.4 is 5.69 Å². The summed E-state index contributed by atoms with van der Waals surface area (Å²) >= 11 is 0. The van der Waals surface area contributed by atoms with Crippen molar-refractivity contribution in [3.8, 4) is 28.2 Å². The van der Waals surface area contributed by atoms with Crippen molar-refractivity contribution in [2.45, 2.75) is 65.8 Å². The van der Waals surface area contributed by atoms with Gasteiger partial charge in [0, 0.05) is 29.2 Å². The molecular weight excluding hydrogens is 486 g/mol. The first kappa shape index (κ1) is 26.3. The third-order valence-corrected chi connectivity index (χ3v) is 7.08. The van der Waals surface area contributed by atoms with Gasteiger partial charge in [0.2, 0.25) is 0 Å². The Morgan fingerprint density at radius 1 is 0.923 bits per heavy atom. The molecule has 5 aromatic rings. The molecule has 0 saturated heterocycles. The minimum Gasteiger partial charge on any atom is -0.290 e. The Balaban J connectivity index is 1.52. The van der Waals surface area contributed by atoms with E-state index in [0.29, 0.717) is 18.3 Å². The smallest absolute Gasteiger partial charge is 0.290 e. The Bertz CT molecular complexity index is 1600. The Morgan fingerprint density at radius 2 is 1.72 bits per heavy atom. The Hall–Kier alpha value is -4.33. The highest BCUT2D eigenvalue weighted by Gasteiger charge is 2.19. The van der Waals surface area contributed by atoms with Gasteiger partial charge in [0.1, 0.15) is 0 Å². The summed E-state index contributed by atoms with van der Waals surface area (Å²) in [6.07, 6.45) is 7.64. The van der Waals surface area contributed by atoms with Crippen molar-refractivity contribution in [2.75, 3.05) is 0 Å². The highest BCUT2D eigenvalue weighted by Crippen LogP contribution is 2.30. The number of rotatable bonds is 10. The largest absolute Gasteiger partial charge is 0.333 e. The maximum Gasteiger partial charge on any atom is 0.333 e. The molecule has 0 bridgehead atoms. The van der Waals surface area contributed by atoms with Crippen LogP contribution in [0.5, 0.6) is 0 Å². The lowest BCUT2D eigenvalue weighted by atomic mass is 9.95. The summed E-state index contributed by atoms with van der Waals surface area (Å²) in [6.45, 7) is 9.12. The second-order valence-electron chi connectivity index (χ2n) is 10.2. The third kappa shape index (κ3) is 5.32. The van der Waals surface area contributed by atoms with E-state index < -0.39 is 0 Å². The molecule has 200 valence electrons. The number of imidazole rings is 1. The zero-order chi connectivity index (χ0) is 27.4. The Kier molecular flexibility index (Phi) is 7.81. The molecule has 2 aromatic carbocycles. The summed E-state index contributed by atoms with van der Waals surface area (Å²) in [5.41, 5.74) is 8.15. The maximum absolute atomic E-state index is 13.9. The highest BCUT2D eigenvalue weighted by atomic mass is 16.1. The first-order chi connectivity index (χ1) is 19.0. The molecule has 8 nitrogen and oxygen atoms in total. The van der Waals surface area contributed by atoms with Gasteiger partial charge in [-0.1, -0.05) is 89.1 Å². The number of aromatic amines is 1. The number of tetrazole rings is 1. The predicted molar refractivity (Wildman–Crippen MR) is 154 cm³/mol. The van der Waals surface area contributed by atoms with Crippen LogP contribution in [0.1, 0.15) is 69.0 Å². The van der Waals surface area contributed by atoms with E-state index in [9.17, 15) is 4.79 Å². The molecule has 3 heterocycles. The van der Waals surface area contributed by atoms with E-state index in [4.69, 9.17) is 4.98 Å². The van der Waals surface area contributed by atoms with Gasteiger partial charge in [0.15, 0.2) is 5.82 Å². The van der Waals surface area contributed by atoms with Crippen LogP contribution in [-0.4, -0.2) is 34.7 Å². The number of nitrogens with one attached hydrogen (secondary N) is 1. The molecule has 0 aliphatic carbocycles. The molecule has 0 aliphatic heterocycles. The molecule has 0 fully saturated rings. The van der Waals surface area contributed by atoms with Gasteiger partial charge in [0.05, 0.1) is 17.9 Å². The summed E-state index contributed by atoms with van der Waals surface area (Å²) in [5.74, 6) is 0.919. The Labute approximate surface area is 228 Å². The average molecular weight is 522 g/mol. The van der Waals surface area contributed by atoms with Crippen LogP contribution in [0.25, 0.3) is 28.2 Å². The maximum atomic E-state index is 13.9. The van der Waals surface area contributed by atoms with E-state index in [2.05, 4.69) is 66.5 Å². The van der Waals surface area contributed by atoms with Crippen LogP contribution in [0.4, 0.5) is 0 Å². The monoisotopic (exact) mass is 521 g/mol. The number of nitrogens with zero attached hydrogens (tertiary/aromatic N) is 6. The second kappa shape index (κ2) is 11.6. The van der Waals surface area contributed by atoms with E-state index in [1.165, 1.54) is 11.1 Å². The molecule has 0 unspecified atom stereocenters. The summed E-state index contributed by atoms with van der Waals surface area (Å²) in [4.78, 5) is 18.7. The predicted octanol–water partition coefficient (Wildman–Crippen LogP) is 5.96. The first-order valence-electron chi connectivity index (χ1n) is 13.7. The molecule has 0 aliphatic rings. The summed E-state index contributed by atoms with van der Waals surface area (Å²) < 4.78 is 3.76. The van der Waals surface area contributed by atoms with E-state index in [1.807, 2.05) is 57.9 Å². The van der Waals surface area contributed by atoms with Crippen molar-refractivity contribution in [1.82, 2.24) is 34.7 Å². The van der Waals surface area contributed by atoms with Gasteiger partial charge < -0.3 is 0 Å². The Morgan fingerprint density at radius 3 is 2.38 bits per heavy atom. The van der Waals surface area contributed by atoms with Crippen LogP contribution in [0, 0.1) is 0 Å². The molecular formula is C31H35N7O.